The van der Waals surface area contributed by atoms with Gasteiger partial charge in [-0.15, -0.1) is 0 Å². The Kier molecular flexibility index (Phi) is 3.14. The fourth-order valence-corrected chi connectivity index (χ4v) is 7.68. The first-order valence-electron chi connectivity index (χ1n) is 9.99. The highest BCUT2D eigenvalue weighted by molar-refractivity contribution is 5.66. The van der Waals surface area contributed by atoms with Gasteiger partial charge in [0.15, 0.2) is 0 Å². The fraction of sp³-hybridized carbons (Fsp3) is 0.950. The van der Waals surface area contributed by atoms with Crippen LogP contribution in [0.1, 0.15) is 64.2 Å². The van der Waals surface area contributed by atoms with Gasteiger partial charge in [0.05, 0.1) is 0 Å². The zero-order chi connectivity index (χ0) is 14.8. The number of hydrogen-bond acceptors (Lipinski definition) is 1. The third kappa shape index (κ3) is 1.70. The number of fused-ring (bicyclic) bond motifs is 10. The van der Waals surface area contributed by atoms with Crippen LogP contribution < -0.4 is 0 Å². The second-order valence-electron chi connectivity index (χ2n) is 9.15. The molecule has 0 spiro atoms. The molecule has 122 valence electrons. The van der Waals surface area contributed by atoms with Crippen LogP contribution in [0.25, 0.3) is 0 Å². The lowest BCUT2D eigenvalue weighted by Crippen LogP contribution is -2.80. The van der Waals surface area contributed by atoms with E-state index in [1.54, 1.807) is 19.3 Å². The van der Waals surface area contributed by atoms with E-state index in [1.807, 2.05) is 0 Å². The molecule has 0 saturated heterocycles. The first-order valence-corrected chi connectivity index (χ1v) is 9.99. The topological polar surface area (TPSA) is 37.3 Å². The molecule has 5 fully saturated rings. The van der Waals surface area contributed by atoms with Gasteiger partial charge < -0.3 is 5.11 Å². The summed E-state index contributed by atoms with van der Waals surface area (Å²) >= 11 is 0. The van der Waals surface area contributed by atoms with E-state index >= 15 is 0 Å². The summed E-state index contributed by atoms with van der Waals surface area (Å²) in [6.07, 6.45) is 12.5. The summed E-state index contributed by atoms with van der Waals surface area (Å²) in [5.41, 5.74) is 0. The summed E-state index contributed by atoms with van der Waals surface area (Å²) in [6, 6.07) is 0. The van der Waals surface area contributed by atoms with Crippen LogP contribution in [0.3, 0.4) is 0 Å². The minimum atomic E-state index is -0.636. The van der Waals surface area contributed by atoms with Crippen molar-refractivity contribution in [2.45, 2.75) is 64.2 Å². The van der Waals surface area contributed by atoms with Crippen LogP contribution in [0.2, 0.25) is 0 Å². The van der Waals surface area contributed by atoms with Crippen molar-refractivity contribution >= 4 is 5.97 Å². The molecule has 5 rings (SSSR count). The average Bonchev–Trinajstić information content (AvgIpc) is 2.44. The monoisotopic (exact) mass is 302 g/mol. The van der Waals surface area contributed by atoms with E-state index in [2.05, 4.69) is 0 Å². The third-order valence-electron chi connectivity index (χ3n) is 8.67. The summed E-state index contributed by atoms with van der Waals surface area (Å²) in [4.78, 5) is 10.5. The lowest BCUT2D eigenvalue weighted by molar-refractivity contribution is -0.375. The van der Waals surface area contributed by atoms with Crippen molar-refractivity contribution in [2.24, 2.45) is 53.3 Å². The van der Waals surface area contributed by atoms with Gasteiger partial charge in [0.25, 0.3) is 0 Å². The van der Waals surface area contributed by atoms with Crippen LogP contribution in [-0.4, -0.2) is 11.1 Å². The van der Waals surface area contributed by atoms with Gasteiger partial charge >= 0.3 is 5.97 Å². The second kappa shape index (κ2) is 4.98. The van der Waals surface area contributed by atoms with Crippen LogP contribution in [0.15, 0.2) is 0 Å². The molecule has 0 amide bonds. The Bertz CT molecular complexity index is 466. The average molecular weight is 302 g/mol. The molecule has 2 heteroatoms. The number of hydrogen-bond donors (Lipinski definition) is 1. The molecule has 0 aromatic heterocycles. The summed E-state index contributed by atoms with van der Waals surface area (Å²) < 4.78 is 0. The molecular weight excluding hydrogens is 272 g/mol. The third-order valence-corrected chi connectivity index (χ3v) is 8.67. The van der Waals surface area contributed by atoms with Crippen molar-refractivity contribution in [3.05, 3.63) is 0 Å². The quantitative estimate of drug-likeness (QED) is 0.526. The number of carbonyl (C=O) groups is 1. The van der Waals surface area contributed by atoms with E-state index in [9.17, 15) is 4.79 Å². The Balaban J connectivity index is 0.995. The van der Waals surface area contributed by atoms with Crippen molar-refractivity contribution in [1.82, 2.24) is 0 Å². The van der Waals surface area contributed by atoms with Gasteiger partial charge in [-0.25, -0.2) is 0 Å². The maximum Gasteiger partial charge on any atom is 0.303 e. The van der Waals surface area contributed by atoms with Gasteiger partial charge in [-0.05, 0) is 78.9 Å². The molecule has 0 radical (unpaired) electrons. The number of rotatable bonds is 8. The van der Waals surface area contributed by atoms with Crippen molar-refractivity contribution < 1.29 is 9.90 Å². The Hall–Kier alpha value is -0.530. The standard InChI is InChI=1S/C20H30O2/c21-15(22)7-5-3-1-2-4-6-11-10-14-16(11)20-18-13-9-8-12(13)17(18)19(14)20/h11-14,16-20H,1-10H2,(H,21,22)/t11-,12-,13+,14-,16+,17?,18-,19-,20?/m0/s1. The highest BCUT2D eigenvalue weighted by Crippen LogP contribution is 2.84. The highest BCUT2D eigenvalue weighted by atomic mass is 16.4. The molecule has 5 saturated carbocycles. The van der Waals surface area contributed by atoms with E-state index in [1.165, 1.54) is 73.0 Å². The summed E-state index contributed by atoms with van der Waals surface area (Å²) in [6.45, 7) is 0. The molecule has 2 unspecified atom stereocenters. The molecule has 22 heavy (non-hydrogen) atoms. The second-order valence-corrected chi connectivity index (χ2v) is 9.15. The van der Waals surface area contributed by atoms with Crippen LogP contribution in [0.4, 0.5) is 0 Å². The van der Waals surface area contributed by atoms with Gasteiger partial charge in [0, 0.05) is 6.42 Å². The van der Waals surface area contributed by atoms with Gasteiger partial charge in [-0.1, -0.05) is 32.1 Å². The Morgan fingerprint density at radius 1 is 0.773 bits per heavy atom. The van der Waals surface area contributed by atoms with Gasteiger partial charge in [-0.3, -0.25) is 4.79 Å². The molecule has 2 nitrogen and oxygen atoms in total. The summed E-state index contributed by atoms with van der Waals surface area (Å²) in [5, 5.41) is 8.62. The summed E-state index contributed by atoms with van der Waals surface area (Å²) in [7, 11) is 0. The van der Waals surface area contributed by atoms with E-state index < -0.39 is 5.97 Å². The molecule has 0 bridgehead atoms. The number of carboxylic acids is 1. The number of carboxylic acid groups (broad SMARTS) is 1. The molecule has 0 heterocycles. The first kappa shape index (κ1) is 13.9. The SMILES string of the molecule is O=C(O)CCCCCCC[C@H]1C[C@@H]2[C@@H]3C([C@@H]4C3[C@H]3CC[C@@H]43)[C@H]12. The maximum absolute atomic E-state index is 10.5. The lowest BCUT2D eigenvalue weighted by Gasteiger charge is -2.85. The smallest absolute Gasteiger partial charge is 0.303 e. The van der Waals surface area contributed by atoms with Crippen molar-refractivity contribution in [2.75, 3.05) is 0 Å². The van der Waals surface area contributed by atoms with Crippen LogP contribution in [0.5, 0.6) is 0 Å². The van der Waals surface area contributed by atoms with Crippen molar-refractivity contribution in [3.8, 4) is 0 Å². The van der Waals surface area contributed by atoms with E-state index in [-0.39, 0.29) is 0 Å². The molecular formula is C20H30O2. The summed E-state index contributed by atoms with van der Waals surface area (Å²) in [5.74, 6) is 10.0. The number of aliphatic carboxylic acids is 1. The van der Waals surface area contributed by atoms with E-state index in [0.717, 1.165) is 18.8 Å². The molecule has 0 aliphatic heterocycles. The lowest BCUT2D eigenvalue weighted by atomic mass is 9.20. The molecule has 0 aromatic carbocycles. The largest absolute Gasteiger partial charge is 0.481 e. The maximum atomic E-state index is 10.5. The van der Waals surface area contributed by atoms with Crippen LogP contribution in [-0.2, 0) is 4.79 Å². The Labute approximate surface area is 134 Å². The molecule has 5 aliphatic rings. The van der Waals surface area contributed by atoms with Crippen LogP contribution >= 0.6 is 0 Å². The first-order chi connectivity index (χ1) is 10.8. The molecule has 0 aromatic rings. The minimum Gasteiger partial charge on any atom is -0.481 e. The van der Waals surface area contributed by atoms with Crippen molar-refractivity contribution in [1.29, 1.82) is 0 Å². The molecule has 5 aliphatic carbocycles. The van der Waals surface area contributed by atoms with Gasteiger partial charge in [-0.2, -0.15) is 0 Å². The zero-order valence-corrected chi connectivity index (χ0v) is 13.6. The highest BCUT2D eigenvalue weighted by Gasteiger charge is 2.79. The van der Waals surface area contributed by atoms with Gasteiger partial charge in [0.2, 0.25) is 0 Å². The Morgan fingerprint density at radius 3 is 2.14 bits per heavy atom. The Morgan fingerprint density at radius 2 is 1.41 bits per heavy atom. The van der Waals surface area contributed by atoms with Crippen molar-refractivity contribution in [3.63, 3.8) is 0 Å². The van der Waals surface area contributed by atoms with Gasteiger partial charge in [0.1, 0.15) is 0 Å². The van der Waals surface area contributed by atoms with E-state index in [0.29, 0.717) is 6.42 Å². The zero-order valence-electron chi connectivity index (χ0n) is 13.6. The van der Waals surface area contributed by atoms with E-state index in [4.69, 9.17) is 5.11 Å². The predicted molar refractivity (Wildman–Crippen MR) is 85.2 cm³/mol. The van der Waals surface area contributed by atoms with Crippen LogP contribution in [0, 0.1) is 53.3 Å². The molecule has 1 N–H and O–H groups in total. The minimum absolute atomic E-state index is 0.361. The predicted octanol–water partition coefficient (Wildman–Crippen LogP) is 4.59. The normalized spacial score (nSPS) is 52.3. The fourth-order valence-electron chi connectivity index (χ4n) is 7.68. The number of unbranched alkanes of at least 4 members (excludes halogenated alkanes) is 4. The molecule has 9 atom stereocenters.